The third-order valence-corrected chi connectivity index (χ3v) is 2.74. The molecule has 2 atom stereocenters. The summed E-state index contributed by atoms with van der Waals surface area (Å²) < 4.78 is 0. The van der Waals surface area contributed by atoms with Gasteiger partial charge in [-0.05, 0) is 6.92 Å². The number of carbonyl (C=O) groups is 1. The summed E-state index contributed by atoms with van der Waals surface area (Å²) in [5.41, 5.74) is 0. The van der Waals surface area contributed by atoms with E-state index >= 15 is 0 Å². The monoisotopic (exact) mass is 146 g/mol. The summed E-state index contributed by atoms with van der Waals surface area (Å²) in [5.74, 6) is 1.56. The summed E-state index contributed by atoms with van der Waals surface area (Å²) in [6.45, 7) is 1.54. The number of hydrogen-bond acceptors (Lipinski definition) is 3. The Morgan fingerprint density at radius 2 is 2.33 bits per heavy atom. The maximum absolute atomic E-state index is 10.7. The first-order chi connectivity index (χ1) is 4.22. The van der Waals surface area contributed by atoms with Gasteiger partial charge in [0.05, 0.1) is 12.0 Å². The van der Waals surface area contributed by atoms with Crippen molar-refractivity contribution in [2.24, 2.45) is 5.92 Å². The Bertz CT molecular complexity index is 124. The predicted molar refractivity (Wildman–Crippen MR) is 37.5 cm³/mol. The summed E-state index contributed by atoms with van der Waals surface area (Å²) in [5, 5.41) is 9.12. The van der Waals surface area contributed by atoms with Crippen molar-refractivity contribution in [1.82, 2.24) is 0 Å². The molecule has 1 heterocycles. The topological polar surface area (TPSA) is 37.3 Å². The van der Waals surface area contributed by atoms with Crippen LogP contribution in [0.25, 0.3) is 0 Å². The van der Waals surface area contributed by atoms with Crippen LogP contribution in [0.2, 0.25) is 0 Å². The number of aliphatic hydroxyl groups excluding tert-OH is 1. The van der Waals surface area contributed by atoms with Crippen molar-refractivity contribution < 1.29 is 9.90 Å². The van der Waals surface area contributed by atoms with Crippen LogP contribution < -0.4 is 0 Å². The highest BCUT2D eigenvalue weighted by atomic mass is 32.2. The number of rotatable bonds is 1. The molecule has 52 valence electrons. The van der Waals surface area contributed by atoms with Crippen LogP contribution in [0.4, 0.5) is 0 Å². The largest absolute Gasteiger partial charge is 0.391 e. The molecule has 2 nitrogen and oxygen atoms in total. The maximum Gasteiger partial charge on any atom is 0.136 e. The molecular weight excluding hydrogens is 136 g/mol. The van der Waals surface area contributed by atoms with Gasteiger partial charge >= 0.3 is 0 Å². The smallest absolute Gasteiger partial charge is 0.136 e. The Kier molecular flexibility index (Phi) is 2.13. The van der Waals surface area contributed by atoms with E-state index in [1.54, 1.807) is 18.7 Å². The van der Waals surface area contributed by atoms with E-state index in [2.05, 4.69) is 0 Å². The fourth-order valence-electron chi connectivity index (χ4n) is 0.931. The first kappa shape index (κ1) is 7.09. The summed E-state index contributed by atoms with van der Waals surface area (Å²) in [6, 6.07) is 0. The lowest BCUT2D eigenvalue weighted by molar-refractivity contribution is -0.122. The Morgan fingerprint density at radius 1 is 1.67 bits per heavy atom. The summed E-state index contributed by atoms with van der Waals surface area (Å²) in [7, 11) is 0. The van der Waals surface area contributed by atoms with Crippen LogP contribution in [0, 0.1) is 5.92 Å². The van der Waals surface area contributed by atoms with Gasteiger partial charge in [-0.3, -0.25) is 4.79 Å². The molecule has 0 aromatic carbocycles. The fourth-order valence-corrected chi connectivity index (χ4v) is 2.25. The lowest BCUT2D eigenvalue weighted by Gasteiger charge is -2.07. The van der Waals surface area contributed by atoms with E-state index in [4.69, 9.17) is 5.11 Å². The fraction of sp³-hybridized carbons (Fsp3) is 0.833. The van der Waals surface area contributed by atoms with Gasteiger partial charge in [-0.15, -0.1) is 0 Å². The number of thioether (sulfide) groups is 1. The van der Waals surface area contributed by atoms with Crippen molar-refractivity contribution in [3.63, 3.8) is 0 Å². The standard InChI is InChI=1S/C6H10O2S/c1-4(7)5-2-9-3-6(5)8/h5-6,8H,2-3H2,1H3. The number of carbonyl (C=O) groups excluding carboxylic acids is 1. The van der Waals surface area contributed by atoms with Crippen molar-refractivity contribution in [2.45, 2.75) is 13.0 Å². The van der Waals surface area contributed by atoms with Crippen LogP contribution in [-0.4, -0.2) is 28.5 Å². The zero-order valence-electron chi connectivity index (χ0n) is 5.33. The van der Waals surface area contributed by atoms with E-state index in [9.17, 15) is 4.79 Å². The second kappa shape index (κ2) is 2.71. The van der Waals surface area contributed by atoms with Crippen LogP contribution in [-0.2, 0) is 4.79 Å². The highest BCUT2D eigenvalue weighted by molar-refractivity contribution is 7.99. The number of hydrogen-bond donors (Lipinski definition) is 1. The van der Waals surface area contributed by atoms with Gasteiger partial charge in [-0.1, -0.05) is 0 Å². The van der Waals surface area contributed by atoms with E-state index in [0.717, 1.165) is 11.5 Å². The van der Waals surface area contributed by atoms with Crippen molar-refractivity contribution in [3.8, 4) is 0 Å². The zero-order valence-corrected chi connectivity index (χ0v) is 6.15. The van der Waals surface area contributed by atoms with Gasteiger partial charge in [0.2, 0.25) is 0 Å². The van der Waals surface area contributed by atoms with Gasteiger partial charge in [0.1, 0.15) is 5.78 Å². The van der Waals surface area contributed by atoms with Crippen LogP contribution in [0.1, 0.15) is 6.92 Å². The minimum atomic E-state index is -0.382. The molecule has 0 aliphatic carbocycles. The van der Waals surface area contributed by atoms with E-state index in [0.29, 0.717) is 0 Å². The second-order valence-electron chi connectivity index (χ2n) is 2.32. The molecule has 3 heteroatoms. The SMILES string of the molecule is CC(=O)C1CSCC1O. The normalized spacial score (nSPS) is 34.9. The van der Waals surface area contributed by atoms with E-state index < -0.39 is 0 Å². The van der Waals surface area contributed by atoms with Crippen LogP contribution >= 0.6 is 11.8 Å². The van der Waals surface area contributed by atoms with Crippen molar-refractivity contribution in [3.05, 3.63) is 0 Å². The highest BCUT2D eigenvalue weighted by Gasteiger charge is 2.28. The Labute approximate surface area is 58.6 Å². The molecule has 1 fully saturated rings. The molecule has 0 radical (unpaired) electrons. The van der Waals surface area contributed by atoms with E-state index in [1.165, 1.54) is 0 Å². The average molecular weight is 146 g/mol. The van der Waals surface area contributed by atoms with Crippen LogP contribution in [0.5, 0.6) is 0 Å². The molecule has 0 saturated carbocycles. The number of Topliss-reactive ketones (excluding diaryl/α,β-unsaturated/α-hetero) is 1. The molecule has 0 aromatic heterocycles. The molecule has 2 unspecified atom stereocenters. The summed E-state index contributed by atoms with van der Waals surface area (Å²) in [4.78, 5) is 10.7. The van der Waals surface area contributed by atoms with E-state index in [1.807, 2.05) is 0 Å². The molecule has 0 spiro atoms. The molecule has 1 saturated heterocycles. The Balaban J connectivity index is 2.49. The minimum absolute atomic E-state index is 0.0880. The zero-order chi connectivity index (χ0) is 6.85. The average Bonchev–Trinajstić information content (AvgIpc) is 2.13. The molecule has 0 aromatic rings. The van der Waals surface area contributed by atoms with Gasteiger partial charge in [0.15, 0.2) is 0 Å². The lowest BCUT2D eigenvalue weighted by atomic mass is 10.0. The molecule has 1 aliphatic rings. The second-order valence-corrected chi connectivity index (χ2v) is 3.40. The molecule has 1 aliphatic heterocycles. The summed E-state index contributed by atoms with van der Waals surface area (Å²) >= 11 is 1.65. The van der Waals surface area contributed by atoms with Gasteiger partial charge in [-0.2, -0.15) is 11.8 Å². The lowest BCUT2D eigenvalue weighted by Crippen LogP contribution is -2.24. The molecule has 0 amide bonds. The Hall–Kier alpha value is -0.0200. The number of aliphatic hydroxyl groups is 1. The summed E-state index contributed by atoms with van der Waals surface area (Å²) in [6.07, 6.45) is -0.382. The molecule has 1 rings (SSSR count). The first-order valence-corrected chi connectivity index (χ1v) is 4.13. The first-order valence-electron chi connectivity index (χ1n) is 2.98. The highest BCUT2D eigenvalue weighted by Crippen LogP contribution is 2.24. The van der Waals surface area contributed by atoms with Crippen LogP contribution in [0.3, 0.4) is 0 Å². The van der Waals surface area contributed by atoms with Gasteiger partial charge < -0.3 is 5.11 Å². The third-order valence-electron chi connectivity index (χ3n) is 1.57. The van der Waals surface area contributed by atoms with Gasteiger partial charge in [0, 0.05) is 11.5 Å². The maximum atomic E-state index is 10.7. The van der Waals surface area contributed by atoms with Crippen molar-refractivity contribution in [2.75, 3.05) is 11.5 Å². The number of ketones is 1. The Morgan fingerprint density at radius 3 is 2.56 bits per heavy atom. The third kappa shape index (κ3) is 1.46. The predicted octanol–water partition coefficient (Wildman–Crippen LogP) is 0.299. The minimum Gasteiger partial charge on any atom is -0.391 e. The van der Waals surface area contributed by atoms with Gasteiger partial charge in [-0.25, -0.2) is 0 Å². The van der Waals surface area contributed by atoms with E-state index in [-0.39, 0.29) is 17.8 Å². The van der Waals surface area contributed by atoms with Crippen molar-refractivity contribution >= 4 is 17.5 Å². The molecular formula is C6H10O2S. The molecule has 1 N–H and O–H groups in total. The molecule has 0 bridgehead atoms. The van der Waals surface area contributed by atoms with Crippen molar-refractivity contribution in [1.29, 1.82) is 0 Å². The quantitative estimate of drug-likeness (QED) is 0.578. The van der Waals surface area contributed by atoms with Crippen LogP contribution in [0.15, 0.2) is 0 Å². The molecule has 9 heavy (non-hydrogen) atoms. The van der Waals surface area contributed by atoms with Gasteiger partial charge in [0.25, 0.3) is 0 Å².